The number of para-hydroxylation sites is 1. The van der Waals surface area contributed by atoms with Gasteiger partial charge in [0.25, 0.3) is 15.9 Å². The Labute approximate surface area is 186 Å². The molecule has 2 N–H and O–H groups in total. The van der Waals surface area contributed by atoms with Gasteiger partial charge in [0.2, 0.25) is 0 Å². The number of ether oxygens (including phenoxy) is 3. The lowest BCUT2D eigenvalue weighted by Gasteiger charge is -2.19. The average molecular weight is 455 g/mol. The van der Waals surface area contributed by atoms with E-state index in [1.807, 2.05) is 19.1 Å². The van der Waals surface area contributed by atoms with Gasteiger partial charge in [-0.2, -0.15) is 0 Å². The molecule has 32 heavy (non-hydrogen) atoms. The van der Waals surface area contributed by atoms with Gasteiger partial charge in [0, 0.05) is 11.8 Å². The number of carbonyl (C=O) groups is 1. The van der Waals surface area contributed by atoms with Crippen LogP contribution in [-0.2, 0) is 14.8 Å². The highest BCUT2D eigenvalue weighted by atomic mass is 32.2. The molecule has 0 spiro atoms. The molecule has 0 aliphatic carbocycles. The Morgan fingerprint density at radius 1 is 0.969 bits per heavy atom. The molecule has 0 radical (unpaired) electrons. The SMILES string of the molecule is Cc1ccccc1NS(=O)(=O)c1ccc(OCC(=O)Nc2ccc3c(c2)OCCO3)cc1. The summed E-state index contributed by atoms with van der Waals surface area (Å²) in [5.41, 5.74) is 1.90. The van der Waals surface area contributed by atoms with Gasteiger partial charge in [-0.25, -0.2) is 8.42 Å². The second-order valence-electron chi connectivity index (χ2n) is 7.09. The fraction of sp³-hybridized carbons (Fsp3) is 0.174. The first-order chi connectivity index (χ1) is 15.4. The van der Waals surface area contributed by atoms with E-state index in [9.17, 15) is 13.2 Å². The van der Waals surface area contributed by atoms with Crippen LogP contribution in [0.15, 0.2) is 71.6 Å². The molecule has 4 rings (SSSR count). The summed E-state index contributed by atoms with van der Waals surface area (Å²) in [6.45, 7) is 2.54. The number of nitrogens with one attached hydrogen (secondary N) is 2. The van der Waals surface area contributed by atoms with Crippen LogP contribution in [0.1, 0.15) is 5.56 Å². The first-order valence-corrected chi connectivity index (χ1v) is 11.4. The number of hydrogen-bond acceptors (Lipinski definition) is 6. The fourth-order valence-corrected chi connectivity index (χ4v) is 4.20. The summed E-state index contributed by atoms with van der Waals surface area (Å²) in [7, 11) is -3.74. The molecule has 3 aromatic rings. The molecule has 1 aliphatic heterocycles. The molecule has 1 heterocycles. The molecule has 1 aliphatic rings. The monoisotopic (exact) mass is 454 g/mol. The maximum absolute atomic E-state index is 12.6. The lowest BCUT2D eigenvalue weighted by atomic mass is 10.2. The molecule has 9 heteroatoms. The summed E-state index contributed by atoms with van der Waals surface area (Å²) in [5, 5.41) is 2.73. The zero-order valence-corrected chi connectivity index (χ0v) is 18.1. The first-order valence-electron chi connectivity index (χ1n) is 9.91. The quantitative estimate of drug-likeness (QED) is 0.566. The number of sulfonamides is 1. The van der Waals surface area contributed by atoms with Crippen molar-refractivity contribution in [3.8, 4) is 17.2 Å². The summed E-state index contributed by atoms with van der Waals surface area (Å²) >= 11 is 0. The number of rotatable bonds is 7. The van der Waals surface area contributed by atoms with Gasteiger partial charge in [-0.15, -0.1) is 0 Å². The van der Waals surface area contributed by atoms with Gasteiger partial charge in [0.05, 0.1) is 10.6 Å². The maximum atomic E-state index is 12.6. The van der Waals surface area contributed by atoms with Gasteiger partial charge in [0.1, 0.15) is 19.0 Å². The topological polar surface area (TPSA) is 103 Å². The van der Waals surface area contributed by atoms with Crippen molar-refractivity contribution in [3.63, 3.8) is 0 Å². The van der Waals surface area contributed by atoms with E-state index >= 15 is 0 Å². The Morgan fingerprint density at radius 2 is 1.69 bits per heavy atom. The summed E-state index contributed by atoms with van der Waals surface area (Å²) in [4.78, 5) is 12.3. The van der Waals surface area contributed by atoms with Crippen LogP contribution < -0.4 is 24.2 Å². The van der Waals surface area contributed by atoms with E-state index in [1.54, 1.807) is 30.3 Å². The van der Waals surface area contributed by atoms with Crippen molar-refractivity contribution in [3.05, 3.63) is 72.3 Å². The molecule has 0 saturated carbocycles. The summed E-state index contributed by atoms with van der Waals surface area (Å²) in [6, 6.07) is 18.1. The average Bonchev–Trinajstić information content (AvgIpc) is 2.79. The van der Waals surface area contributed by atoms with Crippen molar-refractivity contribution in [1.29, 1.82) is 0 Å². The molecule has 0 saturated heterocycles. The van der Waals surface area contributed by atoms with Crippen LogP contribution in [0.2, 0.25) is 0 Å². The maximum Gasteiger partial charge on any atom is 0.262 e. The Balaban J connectivity index is 1.33. The molecule has 0 atom stereocenters. The predicted octanol–water partition coefficient (Wildman–Crippen LogP) is 3.58. The smallest absolute Gasteiger partial charge is 0.262 e. The highest BCUT2D eigenvalue weighted by Gasteiger charge is 2.16. The number of benzene rings is 3. The molecule has 166 valence electrons. The van der Waals surface area contributed by atoms with Gasteiger partial charge in [0.15, 0.2) is 18.1 Å². The third-order valence-corrected chi connectivity index (χ3v) is 6.10. The van der Waals surface area contributed by atoms with Crippen LogP contribution in [0.4, 0.5) is 11.4 Å². The number of amides is 1. The minimum Gasteiger partial charge on any atom is -0.486 e. The third-order valence-electron chi connectivity index (χ3n) is 4.72. The van der Waals surface area contributed by atoms with Gasteiger partial charge in [-0.3, -0.25) is 9.52 Å². The number of hydrogen-bond donors (Lipinski definition) is 2. The number of aryl methyl sites for hydroxylation is 1. The van der Waals surface area contributed by atoms with Crippen molar-refractivity contribution < 1.29 is 27.4 Å². The zero-order valence-electron chi connectivity index (χ0n) is 17.3. The predicted molar refractivity (Wildman–Crippen MR) is 120 cm³/mol. The van der Waals surface area contributed by atoms with E-state index in [1.165, 1.54) is 24.3 Å². The molecule has 0 unspecified atom stereocenters. The molecular weight excluding hydrogens is 432 g/mol. The minimum atomic E-state index is -3.74. The summed E-state index contributed by atoms with van der Waals surface area (Å²) in [5.74, 6) is 1.22. The van der Waals surface area contributed by atoms with Gasteiger partial charge >= 0.3 is 0 Å². The van der Waals surface area contributed by atoms with Crippen molar-refractivity contribution in [2.24, 2.45) is 0 Å². The van der Waals surface area contributed by atoms with E-state index in [0.717, 1.165) is 5.56 Å². The van der Waals surface area contributed by atoms with E-state index in [0.29, 0.717) is 41.8 Å². The van der Waals surface area contributed by atoms with E-state index in [-0.39, 0.29) is 17.4 Å². The lowest BCUT2D eigenvalue weighted by Crippen LogP contribution is -2.21. The second-order valence-corrected chi connectivity index (χ2v) is 8.77. The Hall–Kier alpha value is -3.72. The van der Waals surface area contributed by atoms with Crippen LogP contribution in [0.25, 0.3) is 0 Å². The summed E-state index contributed by atoms with van der Waals surface area (Å²) < 4.78 is 44.2. The minimum absolute atomic E-state index is 0.0915. The zero-order chi connectivity index (χ0) is 22.6. The summed E-state index contributed by atoms with van der Waals surface area (Å²) in [6.07, 6.45) is 0. The highest BCUT2D eigenvalue weighted by Crippen LogP contribution is 2.32. The number of anilines is 2. The Bertz CT molecular complexity index is 1230. The van der Waals surface area contributed by atoms with Gasteiger partial charge in [-0.05, 0) is 55.0 Å². The Kier molecular flexibility index (Phi) is 6.18. The molecule has 0 fully saturated rings. The van der Waals surface area contributed by atoms with Gasteiger partial charge < -0.3 is 19.5 Å². The van der Waals surface area contributed by atoms with E-state index in [4.69, 9.17) is 14.2 Å². The number of fused-ring (bicyclic) bond motifs is 1. The van der Waals surface area contributed by atoms with Crippen LogP contribution in [0.5, 0.6) is 17.2 Å². The van der Waals surface area contributed by atoms with Crippen LogP contribution in [0, 0.1) is 6.92 Å². The molecule has 0 bridgehead atoms. The van der Waals surface area contributed by atoms with E-state index < -0.39 is 10.0 Å². The van der Waals surface area contributed by atoms with E-state index in [2.05, 4.69) is 10.0 Å². The molecule has 1 amide bonds. The second kappa shape index (κ2) is 9.19. The fourth-order valence-electron chi connectivity index (χ4n) is 3.07. The Morgan fingerprint density at radius 3 is 2.44 bits per heavy atom. The van der Waals surface area contributed by atoms with Crippen LogP contribution in [0.3, 0.4) is 0 Å². The van der Waals surface area contributed by atoms with Crippen molar-refractivity contribution in [1.82, 2.24) is 0 Å². The molecule has 8 nitrogen and oxygen atoms in total. The number of carbonyl (C=O) groups excluding carboxylic acids is 1. The highest BCUT2D eigenvalue weighted by molar-refractivity contribution is 7.92. The molecular formula is C23H22N2O6S. The largest absolute Gasteiger partial charge is 0.486 e. The first kappa shape index (κ1) is 21.5. The standard InChI is InChI=1S/C23H22N2O6S/c1-16-4-2-3-5-20(16)25-32(27,28)19-9-7-18(8-10-19)31-15-23(26)24-17-6-11-21-22(14-17)30-13-12-29-21/h2-11,14,25H,12-13,15H2,1H3,(H,24,26). The normalized spacial score (nSPS) is 12.7. The van der Waals surface area contributed by atoms with Crippen molar-refractivity contribution in [2.45, 2.75) is 11.8 Å². The van der Waals surface area contributed by atoms with Crippen LogP contribution in [-0.4, -0.2) is 34.1 Å². The lowest BCUT2D eigenvalue weighted by molar-refractivity contribution is -0.118. The van der Waals surface area contributed by atoms with Crippen molar-refractivity contribution in [2.75, 3.05) is 29.9 Å². The molecule has 3 aromatic carbocycles. The molecule has 0 aromatic heterocycles. The third kappa shape index (κ3) is 5.12. The van der Waals surface area contributed by atoms with Crippen molar-refractivity contribution >= 4 is 27.3 Å². The van der Waals surface area contributed by atoms with Gasteiger partial charge in [-0.1, -0.05) is 18.2 Å². The van der Waals surface area contributed by atoms with Crippen LogP contribution >= 0.6 is 0 Å².